The van der Waals surface area contributed by atoms with E-state index in [0.717, 1.165) is 32.1 Å². The van der Waals surface area contributed by atoms with Crippen LogP contribution in [0.25, 0.3) is 5.65 Å². The molecule has 7 heteroatoms. The third-order valence-corrected chi connectivity index (χ3v) is 2.79. The van der Waals surface area contributed by atoms with Crippen LogP contribution in [-0.4, -0.2) is 51.2 Å². The minimum Gasteiger partial charge on any atom is -0.388 e. The number of fused-ring (bicyclic) bond motifs is 1. The Hall–Kier alpha value is -1.73. The summed E-state index contributed by atoms with van der Waals surface area (Å²) >= 11 is 0. The summed E-state index contributed by atoms with van der Waals surface area (Å²) in [6.07, 6.45) is 0. The lowest BCUT2D eigenvalue weighted by Crippen LogP contribution is -2.37. The van der Waals surface area contributed by atoms with Gasteiger partial charge in [0.1, 0.15) is 12.4 Å². The molecule has 0 unspecified atom stereocenters. The molecule has 1 N–H and O–H groups in total. The molecule has 1 aliphatic heterocycles. The van der Waals surface area contributed by atoms with Gasteiger partial charge in [0.2, 0.25) is 0 Å². The molecule has 17 heavy (non-hydrogen) atoms. The van der Waals surface area contributed by atoms with E-state index >= 15 is 0 Å². The average molecular weight is 235 g/mol. The largest absolute Gasteiger partial charge is 0.388 e. The topological polar surface area (TPSA) is 75.8 Å². The van der Waals surface area contributed by atoms with Gasteiger partial charge in [-0.3, -0.25) is 0 Å². The first-order chi connectivity index (χ1) is 8.38. The van der Waals surface area contributed by atoms with Crippen LogP contribution in [0.4, 0.5) is 5.82 Å². The van der Waals surface area contributed by atoms with E-state index in [-0.39, 0.29) is 6.61 Å². The third kappa shape index (κ3) is 1.83. The molecule has 7 nitrogen and oxygen atoms in total. The van der Waals surface area contributed by atoms with Gasteiger partial charge in [0.25, 0.3) is 0 Å². The predicted octanol–water partition coefficient (Wildman–Crippen LogP) is -0.547. The highest BCUT2D eigenvalue weighted by molar-refractivity contribution is 5.45. The Morgan fingerprint density at radius 3 is 2.82 bits per heavy atom. The number of aromatic nitrogens is 4. The van der Waals surface area contributed by atoms with Gasteiger partial charge in [0, 0.05) is 13.1 Å². The standard InChI is InChI=1S/C10H13N5O2/c16-7-10-12-11-8-1-2-9(13-15(8)10)14-3-5-17-6-4-14/h1-2,16H,3-7H2. The van der Waals surface area contributed by atoms with Crippen molar-refractivity contribution < 1.29 is 9.84 Å². The molecule has 3 heterocycles. The predicted molar refractivity (Wildman–Crippen MR) is 59.7 cm³/mol. The van der Waals surface area contributed by atoms with Crippen LogP contribution in [0.5, 0.6) is 0 Å². The van der Waals surface area contributed by atoms with Crippen molar-refractivity contribution in [3.8, 4) is 0 Å². The van der Waals surface area contributed by atoms with Gasteiger partial charge in [0.15, 0.2) is 11.5 Å². The molecule has 0 aromatic carbocycles. The quantitative estimate of drug-likeness (QED) is 0.753. The van der Waals surface area contributed by atoms with Gasteiger partial charge in [-0.25, -0.2) is 0 Å². The molecule has 0 bridgehead atoms. The van der Waals surface area contributed by atoms with E-state index in [0.29, 0.717) is 11.5 Å². The fraction of sp³-hybridized carbons (Fsp3) is 0.500. The van der Waals surface area contributed by atoms with E-state index in [1.54, 1.807) is 4.52 Å². The summed E-state index contributed by atoms with van der Waals surface area (Å²) in [5.41, 5.74) is 0.644. The van der Waals surface area contributed by atoms with Crippen molar-refractivity contribution in [2.45, 2.75) is 6.61 Å². The first-order valence-corrected chi connectivity index (χ1v) is 5.53. The molecule has 0 amide bonds. The maximum atomic E-state index is 9.13. The SMILES string of the molecule is OCc1nnc2ccc(N3CCOCC3)nn12. The van der Waals surface area contributed by atoms with Crippen molar-refractivity contribution in [3.63, 3.8) is 0 Å². The zero-order chi connectivity index (χ0) is 11.7. The van der Waals surface area contributed by atoms with Crippen molar-refractivity contribution in [1.29, 1.82) is 0 Å². The Bertz CT molecular complexity index is 520. The molecular formula is C10H13N5O2. The molecule has 0 radical (unpaired) electrons. The Morgan fingerprint density at radius 1 is 1.24 bits per heavy atom. The van der Waals surface area contributed by atoms with E-state index in [4.69, 9.17) is 9.84 Å². The minimum absolute atomic E-state index is 0.166. The molecule has 90 valence electrons. The van der Waals surface area contributed by atoms with Crippen molar-refractivity contribution in [3.05, 3.63) is 18.0 Å². The normalized spacial score (nSPS) is 16.6. The Morgan fingerprint density at radius 2 is 2.06 bits per heavy atom. The van der Waals surface area contributed by atoms with Gasteiger partial charge >= 0.3 is 0 Å². The second-order valence-corrected chi connectivity index (χ2v) is 3.84. The number of hydrogen-bond acceptors (Lipinski definition) is 6. The van der Waals surface area contributed by atoms with E-state index in [1.165, 1.54) is 0 Å². The zero-order valence-electron chi connectivity index (χ0n) is 9.28. The van der Waals surface area contributed by atoms with E-state index < -0.39 is 0 Å². The molecule has 3 rings (SSSR count). The molecule has 0 atom stereocenters. The summed E-state index contributed by atoms with van der Waals surface area (Å²) in [6, 6.07) is 3.76. The lowest BCUT2D eigenvalue weighted by Gasteiger charge is -2.27. The van der Waals surface area contributed by atoms with E-state index in [2.05, 4.69) is 20.2 Å². The lowest BCUT2D eigenvalue weighted by molar-refractivity contribution is 0.122. The Balaban J connectivity index is 1.99. The molecule has 2 aromatic rings. The van der Waals surface area contributed by atoms with Gasteiger partial charge in [-0.15, -0.1) is 15.3 Å². The van der Waals surface area contributed by atoms with Gasteiger partial charge in [-0.2, -0.15) is 4.52 Å². The van der Waals surface area contributed by atoms with Crippen LogP contribution in [-0.2, 0) is 11.3 Å². The van der Waals surface area contributed by atoms with Gasteiger partial charge in [-0.05, 0) is 12.1 Å². The average Bonchev–Trinajstić information content (AvgIpc) is 2.81. The summed E-state index contributed by atoms with van der Waals surface area (Å²) < 4.78 is 6.87. The molecule has 1 fully saturated rings. The number of morpholine rings is 1. The second-order valence-electron chi connectivity index (χ2n) is 3.84. The van der Waals surface area contributed by atoms with Crippen LogP contribution >= 0.6 is 0 Å². The first-order valence-electron chi connectivity index (χ1n) is 5.53. The fourth-order valence-electron chi connectivity index (χ4n) is 1.88. The number of aliphatic hydroxyl groups excluding tert-OH is 1. The first kappa shape index (κ1) is 10.4. The highest BCUT2D eigenvalue weighted by atomic mass is 16.5. The second kappa shape index (κ2) is 4.27. The summed E-state index contributed by atoms with van der Waals surface area (Å²) in [5, 5.41) is 21.3. The van der Waals surface area contributed by atoms with Crippen molar-refractivity contribution in [2.75, 3.05) is 31.2 Å². The number of ether oxygens (including phenoxy) is 1. The van der Waals surface area contributed by atoms with Gasteiger partial charge in [0.05, 0.1) is 13.2 Å². The highest BCUT2D eigenvalue weighted by Gasteiger charge is 2.14. The monoisotopic (exact) mass is 235 g/mol. The third-order valence-electron chi connectivity index (χ3n) is 2.79. The molecule has 1 aliphatic rings. The Labute approximate surface area is 97.6 Å². The molecule has 0 saturated carbocycles. The van der Waals surface area contributed by atoms with Crippen molar-refractivity contribution in [2.24, 2.45) is 0 Å². The van der Waals surface area contributed by atoms with Crippen LogP contribution < -0.4 is 4.90 Å². The van der Waals surface area contributed by atoms with E-state index in [1.807, 2.05) is 12.1 Å². The fourth-order valence-corrected chi connectivity index (χ4v) is 1.88. The highest BCUT2D eigenvalue weighted by Crippen LogP contribution is 2.13. The van der Waals surface area contributed by atoms with Gasteiger partial charge in [-0.1, -0.05) is 0 Å². The summed E-state index contributed by atoms with van der Waals surface area (Å²) in [6.45, 7) is 2.93. The van der Waals surface area contributed by atoms with Crippen molar-refractivity contribution in [1.82, 2.24) is 19.8 Å². The molecule has 0 spiro atoms. The minimum atomic E-state index is -0.166. The Kier molecular flexibility index (Phi) is 2.62. The molecular weight excluding hydrogens is 222 g/mol. The van der Waals surface area contributed by atoms with Crippen LogP contribution in [0.15, 0.2) is 12.1 Å². The maximum Gasteiger partial charge on any atom is 0.180 e. The van der Waals surface area contributed by atoms with Crippen LogP contribution in [0.1, 0.15) is 5.82 Å². The number of aliphatic hydroxyl groups is 1. The number of anilines is 1. The van der Waals surface area contributed by atoms with E-state index in [9.17, 15) is 0 Å². The van der Waals surface area contributed by atoms with Crippen LogP contribution in [0.3, 0.4) is 0 Å². The summed E-state index contributed by atoms with van der Waals surface area (Å²) in [7, 11) is 0. The summed E-state index contributed by atoms with van der Waals surface area (Å²) in [4.78, 5) is 2.14. The number of nitrogens with zero attached hydrogens (tertiary/aromatic N) is 5. The maximum absolute atomic E-state index is 9.13. The zero-order valence-corrected chi connectivity index (χ0v) is 9.28. The molecule has 1 saturated heterocycles. The number of hydrogen-bond donors (Lipinski definition) is 1. The smallest absolute Gasteiger partial charge is 0.180 e. The van der Waals surface area contributed by atoms with Crippen LogP contribution in [0, 0.1) is 0 Å². The van der Waals surface area contributed by atoms with Gasteiger partial charge < -0.3 is 14.7 Å². The summed E-state index contributed by atoms with van der Waals surface area (Å²) in [5.74, 6) is 1.31. The number of rotatable bonds is 2. The van der Waals surface area contributed by atoms with Crippen molar-refractivity contribution >= 4 is 11.5 Å². The lowest BCUT2D eigenvalue weighted by atomic mass is 10.4. The van der Waals surface area contributed by atoms with Crippen LogP contribution in [0.2, 0.25) is 0 Å². The molecule has 2 aromatic heterocycles. The molecule has 0 aliphatic carbocycles.